The van der Waals surface area contributed by atoms with Crippen molar-refractivity contribution < 1.29 is 4.79 Å². The summed E-state index contributed by atoms with van der Waals surface area (Å²) in [4.78, 5) is 22.6. The molecule has 6 nitrogen and oxygen atoms in total. The van der Waals surface area contributed by atoms with E-state index in [1.807, 2.05) is 0 Å². The van der Waals surface area contributed by atoms with Gasteiger partial charge in [-0.1, -0.05) is 11.6 Å². The number of rotatable bonds is 2. The molecule has 4 N–H and O–H groups in total. The van der Waals surface area contributed by atoms with E-state index in [9.17, 15) is 9.59 Å². The number of anilines is 2. The van der Waals surface area contributed by atoms with Gasteiger partial charge in [-0.15, -0.1) is 0 Å². The maximum Gasteiger partial charge on any atom is 0.276 e. The van der Waals surface area contributed by atoms with Gasteiger partial charge in [-0.2, -0.15) is 5.10 Å². The highest BCUT2D eigenvalue weighted by molar-refractivity contribution is 6.34. The summed E-state index contributed by atoms with van der Waals surface area (Å²) in [6, 6.07) is 7.26. The van der Waals surface area contributed by atoms with Crippen molar-refractivity contribution >= 4 is 28.9 Å². The Balaban J connectivity index is 2.23. The van der Waals surface area contributed by atoms with Crippen LogP contribution in [0.15, 0.2) is 35.1 Å². The Morgan fingerprint density at radius 3 is 2.78 bits per heavy atom. The van der Waals surface area contributed by atoms with E-state index in [2.05, 4.69) is 15.5 Å². The number of nitrogens with two attached hydrogens (primary N) is 1. The second-order valence-electron chi connectivity index (χ2n) is 3.50. The maximum absolute atomic E-state index is 11.8. The van der Waals surface area contributed by atoms with Gasteiger partial charge >= 0.3 is 0 Å². The number of hydrogen-bond donors (Lipinski definition) is 3. The number of halogens is 1. The minimum absolute atomic E-state index is 0.0769. The van der Waals surface area contributed by atoms with Gasteiger partial charge in [0.15, 0.2) is 0 Å². The first-order chi connectivity index (χ1) is 8.56. The largest absolute Gasteiger partial charge is 0.399 e. The first-order valence-corrected chi connectivity index (χ1v) is 5.36. The van der Waals surface area contributed by atoms with E-state index in [1.54, 1.807) is 12.1 Å². The monoisotopic (exact) mass is 264 g/mol. The lowest BCUT2D eigenvalue weighted by molar-refractivity contribution is 0.102. The van der Waals surface area contributed by atoms with Crippen molar-refractivity contribution in [2.75, 3.05) is 11.1 Å². The van der Waals surface area contributed by atoms with Gasteiger partial charge in [-0.3, -0.25) is 9.59 Å². The van der Waals surface area contributed by atoms with Crippen LogP contribution in [-0.2, 0) is 0 Å². The van der Waals surface area contributed by atoms with Gasteiger partial charge in [0.05, 0.1) is 10.7 Å². The fourth-order valence-corrected chi connectivity index (χ4v) is 1.46. The number of hydrogen-bond acceptors (Lipinski definition) is 4. The Hall–Kier alpha value is -2.34. The molecule has 0 spiro atoms. The number of nitrogen functional groups attached to an aromatic ring is 1. The van der Waals surface area contributed by atoms with Gasteiger partial charge in [0.1, 0.15) is 5.69 Å². The van der Waals surface area contributed by atoms with E-state index >= 15 is 0 Å². The molecule has 1 heterocycles. The molecular formula is C11H9ClN4O2. The van der Waals surface area contributed by atoms with Gasteiger partial charge in [-0.25, -0.2) is 5.10 Å². The molecule has 0 aliphatic rings. The van der Waals surface area contributed by atoms with Gasteiger partial charge in [0, 0.05) is 11.8 Å². The van der Waals surface area contributed by atoms with Gasteiger partial charge in [0.2, 0.25) is 0 Å². The molecule has 0 aliphatic heterocycles. The standard InChI is InChI=1S/C11H9ClN4O2/c12-7-2-1-6(13)5-9(7)14-11(18)8-3-4-10(17)16-15-8/h1-5H,13H2,(H,14,18)(H,16,17). The highest BCUT2D eigenvalue weighted by Crippen LogP contribution is 2.24. The Morgan fingerprint density at radius 2 is 2.11 bits per heavy atom. The van der Waals surface area contributed by atoms with E-state index in [0.29, 0.717) is 16.4 Å². The molecule has 2 rings (SSSR count). The third kappa shape index (κ3) is 2.67. The minimum atomic E-state index is -0.487. The normalized spacial score (nSPS) is 10.1. The second kappa shape index (κ2) is 4.89. The third-order valence-electron chi connectivity index (χ3n) is 2.15. The van der Waals surface area contributed by atoms with Crippen LogP contribution in [0, 0.1) is 0 Å². The van der Waals surface area contributed by atoms with Gasteiger partial charge in [-0.05, 0) is 24.3 Å². The molecule has 0 atom stereocenters. The number of benzene rings is 1. The van der Waals surface area contributed by atoms with E-state index in [0.717, 1.165) is 0 Å². The van der Waals surface area contributed by atoms with Crippen molar-refractivity contribution in [2.24, 2.45) is 0 Å². The Morgan fingerprint density at radius 1 is 1.33 bits per heavy atom. The average Bonchev–Trinajstić information content (AvgIpc) is 2.34. The van der Waals surface area contributed by atoms with E-state index in [1.165, 1.54) is 18.2 Å². The molecule has 0 unspecified atom stereocenters. The quantitative estimate of drug-likeness (QED) is 0.711. The zero-order valence-electron chi connectivity index (χ0n) is 9.11. The lowest BCUT2D eigenvalue weighted by Crippen LogP contribution is -2.17. The predicted octanol–water partition coefficient (Wildman–Crippen LogP) is 1.26. The molecule has 0 fully saturated rings. The highest BCUT2D eigenvalue weighted by Gasteiger charge is 2.10. The zero-order valence-corrected chi connectivity index (χ0v) is 9.86. The number of aromatic amines is 1. The number of amides is 1. The van der Waals surface area contributed by atoms with Crippen LogP contribution in [0.3, 0.4) is 0 Å². The third-order valence-corrected chi connectivity index (χ3v) is 2.48. The summed E-state index contributed by atoms with van der Waals surface area (Å²) in [5, 5.41) is 8.69. The summed E-state index contributed by atoms with van der Waals surface area (Å²) >= 11 is 5.90. The van der Waals surface area contributed by atoms with Gasteiger partial charge < -0.3 is 11.1 Å². The molecule has 0 saturated heterocycles. The Bertz CT molecular complexity index is 633. The SMILES string of the molecule is Nc1ccc(Cl)c(NC(=O)c2ccc(=O)[nH]n2)c1. The number of aromatic nitrogens is 2. The number of H-pyrrole nitrogens is 1. The summed E-state index contributed by atoms with van der Waals surface area (Å²) in [7, 11) is 0. The molecule has 0 radical (unpaired) electrons. The van der Waals surface area contributed by atoms with Crippen LogP contribution in [0.4, 0.5) is 11.4 Å². The Labute approximate surface area is 107 Å². The second-order valence-corrected chi connectivity index (χ2v) is 3.91. The minimum Gasteiger partial charge on any atom is -0.399 e. The van der Waals surface area contributed by atoms with Crippen molar-refractivity contribution in [1.29, 1.82) is 0 Å². The number of nitrogens with zero attached hydrogens (tertiary/aromatic N) is 1. The summed E-state index contributed by atoms with van der Waals surface area (Å²) in [6.45, 7) is 0. The molecule has 0 bridgehead atoms. The first-order valence-electron chi connectivity index (χ1n) is 4.98. The summed E-state index contributed by atoms with van der Waals surface area (Å²) in [5.74, 6) is -0.487. The smallest absolute Gasteiger partial charge is 0.276 e. The van der Waals surface area contributed by atoms with Crippen LogP contribution in [0.25, 0.3) is 0 Å². The van der Waals surface area contributed by atoms with Crippen molar-refractivity contribution in [2.45, 2.75) is 0 Å². The van der Waals surface area contributed by atoms with Crippen molar-refractivity contribution in [3.63, 3.8) is 0 Å². The van der Waals surface area contributed by atoms with E-state index in [4.69, 9.17) is 17.3 Å². The Kier molecular flexibility index (Phi) is 3.29. The van der Waals surface area contributed by atoms with Crippen molar-refractivity contribution in [3.05, 3.63) is 51.4 Å². The first kappa shape index (κ1) is 12.1. The van der Waals surface area contributed by atoms with E-state index in [-0.39, 0.29) is 11.3 Å². The lowest BCUT2D eigenvalue weighted by atomic mass is 10.2. The van der Waals surface area contributed by atoms with Crippen LogP contribution in [0.2, 0.25) is 5.02 Å². The topological polar surface area (TPSA) is 101 Å². The molecule has 92 valence electrons. The van der Waals surface area contributed by atoms with Crippen LogP contribution in [0.1, 0.15) is 10.5 Å². The van der Waals surface area contributed by atoms with Crippen LogP contribution in [0.5, 0.6) is 0 Å². The highest BCUT2D eigenvalue weighted by atomic mass is 35.5. The zero-order chi connectivity index (χ0) is 13.1. The molecule has 0 aliphatic carbocycles. The molecule has 2 aromatic rings. The van der Waals surface area contributed by atoms with Crippen LogP contribution in [-0.4, -0.2) is 16.1 Å². The fraction of sp³-hybridized carbons (Fsp3) is 0. The molecule has 7 heteroatoms. The van der Waals surface area contributed by atoms with Crippen molar-refractivity contribution in [1.82, 2.24) is 10.2 Å². The maximum atomic E-state index is 11.8. The molecular weight excluding hydrogens is 256 g/mol. The summed E-state index contributed by atoms with van der Waals surface area (Å²) in [6.07, 6.45) is 0. The van der Waals surface area contributed by atoms with Crippen LogP contribution >= 0.6 is 11.6 Å². The molecule has 1 amide bonds. The number of nitrogens with one attached hydrogen (secondary N) is 2. The molecule has 1 aromatic heterocycles. The predicted molar refractivity (Wildman–Crippen MR) is 68.7 cm³/mol. The molecule has 0 saturated carbocycles. The lowest BCUT2D eigenvalue weighted by Gasteiger charge is -2.07. The molecule has 18 heavy (non-hydrogen) atoms. The number of carbonyl (C=O) groups is 1. The fourth-order valence-electron chi connectivity index (χ4n) is 1.30. The number of carbonyl (C=O) groups excluding carboxylic acids is 1. The van der Waals surface area contributed by atoms with E-state index < -0.39 is 5.91 Å². The van der Waals surface area contributed by atoms with Gasteiger partial charge in [0.25, 0.3) is 11.5 Å². The van der Waals surface area contributed by atoms with Crippen LogP contribution < -0.4 is 16.6 Å². The molecule has 1 aromatic carbocycles. The average molecular weight is 265 g/mol. The van der Waals surface area contributed by atoms with Crippen molar-refractivity contribution in [3.8, 4) is 0 Å². The summed E-state index contributed by atoms with van der Waals surface area (Å²) in [5.41, 5.74) is 6.14. The summed E-state index contributed by atoms with van der Waals surface area (Å²) < 4.78 is 0.